The fourth-order valence-electron chi connectivity index (χ4n) is 2.58. The van der Waals surface area contributed by atoms with Crippen LogP contribution in [-0.2, 0) is 11.3 Å². The Balaban J connectivity index is 2.41. The van der Waals surface area contributed by atoms with Gasteiger partial charge in [0.2, 0.25) is 0 Å². The van der Waals surface area contributed by atoms with Crippen molar-refractivity contribution in [3.63, 3.8) is 0 Å². The predicted molar refractivity (Wildman–Crippen MR) is 106 cm³/mol. The molecule has 0 aliphatic rings. The van der Waals surface area contributed by atoms with E-state index in [0.29, 0.717) is 17.1 Å². The highest BCUT2D eigenvalue weighted by Crippen LogP contribution is 2.29. The van der Waals surface area contributed by atoms with Crippen molar-refractivity contribution in [1.82, 2.24) is 4.90 Å². The number of methoxy groups -OCH3 is 2. The molecule has 9 heteroatoms. The maximum absolute atomic E-state index is 13.7. The quantitative estimate of drug-likeness (QED) is 0.327. The molecule has 2 aromatic rings. The van der Waals surface area contributed by atoms with Crippen molar-refractivity contribution in [2.24, 2.45) is 0 Å². The van der Waals surface area contributed by atoms with E-state index >= 15 is 0 Å². The lowest BCUT2D eigenvalue weighted by molar-refractivity contribution is -0.131. The van der Waals surface area contributed by atoms with Gasteiger partial charge >= 0.3 is 10.8 Å². The minimum atomic E-state index is -3.31. The number of nitrogens with zero attached hydrogens (tertiary/aromatic N) is 1. The molecule has 0 heterocycles. The van der Waals surface area contributed by atoms with E-state index < -0.39 is 23.3 Å². The first kappa shape index (κ1) is 22.6. The van der Waals surface area contributed by atoms with Crippen molar-refractivity contribution in [3.05, 3.63) is 53.6 Å². The normalized spacial score (nSPS) is 11.0. The molecule has 0 N–H and O–H groups in total. The summed E-state index contributed by atoms with van der Waals surface area (Å²) in [5, 5.41) is 0. The Bertz CT molecular complexity index is 868. The average Bonchev–Trinajstić information content (AvgIpc) is 2.66. The Morgan fingerprint density at radius 2 is 1.62 bits per heavy atom. The molecule has 0 radical (unpaired) electrons. The minimum Gasteiger partial charge on any atom is -0.497 e. The second-order valence-electron chi connectivity index (χ2n) is 6.08. The standard InChI is InChI=1S/C20H20BrF2NO5/c1-13(25)29-18-9-8-16(28-3)10-17(18)19(26)24(12-20(21,22)23)11-14-4-6-15(27-2)7-5-14/h4-10H,11-12H2,1-3H3. The molecule has 0 saturated heterocycles. The zero-order chi connectivity index (χ0) is 21.6. The van der Waals surface area contributed by atoms with Gasteiger partial charge in [-0.2, -0.15) is 8.78 Å². The summed E-state index contributed by atoms with van der Waals surface area (Å²) in [5.74, 6) is -0.505. The van der Waals surface area contributed by atoms with Crippen molar-refractivity contribution in [3.8, 4) is 17.2 Å². The third-order valence-electron chi connectivity index (χ3n) is 3.86. The van der Waals surface area contributed by atoms with Crippen LogP contribution in [0.15, 0.2) is 42.5 Å². The van der Waals surface area contributed by atoms with E-state index in [1.54, 1.807) is 24.3 Å². The molecule has 0 aliphatic carbocycles. The van der Waals surface area contributed by atoms with Gasteiger partial charge in [-0.15, -0.1) is 0 Å². The van der Waals surface area contributed by atoms with Gasteiger partial charge in [0.25, 0.3) is 5.91 Å². The lowest BCUT2D eigenvalue weighted by Gasteiger charge is -2.26. The summed E-state index contributed by atoms with van der Waals surface area (Å²) in [4.78, 5) is 22.1. The SMILES string of the molecule is COc1ccc(CN(CC(F)(F)Br)C(=O)c2cc(OC)ccc2OC(C)=O)cc1. The summed E-state index contributed by atoms with van der Waals surface area (Å²) < 4.78 is 42.7. The van der Waals surface area contributed by atoms with Crippen LogP contribution in [0.5, 0.6) is 17.2 Å². The molecule has 0 unspecified atom stereocenters. The third kappa shape index (κ3) is 6.70. The summed E-state index contributed by atoms with van der Waals surface area (Å²) in [6, 6.07) is 10.9. The molecular weight excluding hydrogens is 452 g/mol. The van der Waals surface area contributed by atoms with Crippen molar-refractivity contribution in [2.45, 2.75) is 18.3 Å². The number of carbonyl (C=O) groups excluding carboxylic acids is 2. The van der Waals surface area contributed by atoms with Crippen LogP contribution in [0.1, 0.15) is 22.8 Å². The average molecular weight is 472 g/mol. The molecule has 0 bridgehead atoms. The van der Waals surface area contributed by atoms with Gasteiger partial charge in [0.05, 0.1) is 26.3 Å². The molecule has 0 atom stereocenters. The van der Waals surface area contributed by atoms with E-state index in [1.165, 1.54) is 39.3 Å². The van der Waals surface area contributed by atoms with Crippen molar-refractivity contribution in [2.75, 3.05) is 20.8 Å². The fraction of sp³-hybridized carbons (Fsp3) is 0.300. The molecule has 2 aromatic carbocycles. The number of hydrogen-bond donors (Lipinski definition) is 0. The highest BCUT2D eigenvalue weighted by molar-refractivity contribution is 9.10. The number of benzene rings is 2. The molecule has 1 amide bonds. The first-order valence-electron chi connectivity index (χ1n) is 8.48. The Morgan fingerprint density at radius 1 is 1.03 bits per heavy atom. The van der Waals surface area contributed by atoms with Crippen LogP contribution in [0.3, 0.4) is 0 Å². The number of esters is 1. The van der Waals surface area contributed by atoms with Crippen molar-refractivity contribution >= 4 is 27.8 Å². The van der Waals surface area contributed by atoms with Crippen LogP contribution in [0.2, 0.25) is 0 Å². The van der Waals surface area contributed by atoms with Gasteiger partial charge in [0.1, 0.15) is 17.2 Å². The maximum Gasteiger partial charge on any atom is 0.318 e. The molecule has 0 spiro atoms. The zero-order valence-electron chi connectivity index (χ0n) is 16.1. The van der Waals surface area contributed by atoms with Gasteiger partial charge in [0, 0.05) is 13.5 Å². The fourth-order valence-corrected chi connectivity index (χ4v) is 2.89. The second-order valence-corrected chi connectivity index (χ2v) is 7.24. The number of amides is 1. The number of hydrogen-bond acceptors (Lipinski definition) is 5. The first-order valence-corrected chi connectivity index (χ1v) is 9.27. The van der Waals surface area contributed by atoms with E-state index in [4.69, 9.17) is 14.2 Å². The highest BCUT2D eigenvalue weighted by Gasteiger charge is 2.32. The van der Waals surface area contributed by atoms with Crippen LogP contribution >= 0.6 is 15.9 Å². The van der Waals surface area contributed by atoms with Gasteiger partial charge in [0.15, 0.2) is 0 Å². The van der Waals surface area contributed by atoms with Gasteiger partial charge in [-0.25, -0.2) is 0 Å². The maximum atomic E-state index is 13.7. The Labute approximate surface area is 175 Å². The molecular formula is C20H20BrF2NO5. The largest absolute Gasteiger partial charge is 0.497 e. The van der Waals surface area contributed by atoms with Crippen LogP contribution in [-0.4, -0.2) is 42.4 Å². The van der Waals surface area contributed by atoms with Crippen LogP contribution < -0.4 is 14.2 Å². The van der Waals surface area contributed by atoms with Gasteiger partial charge in [-0.05, 0) is 51.8 Å². The van der Waals surface area contributed by atoms with Crippen molar-refractivity contribution < 1.29 is 32.6 Å². The van der Waals surface area contributed by atoms with Crippen LogP contribution in [0.25, 0.3) is 0 Å². The predicted octanol–water partition coefficient (Wildman–Crippen LogP) is 4.26. The van der Waals surface area contributed by atoms with E-state index in [0.717, 1.165) is 4.90 Å². The number of rotatable bonds is 8. The minimum absolute atomic E-state index is 0.0408. The summed E-state index contributed by atoms with van der Waals surface area (Å²) in [7, 11) is 2.91. The number of carbonyl (C=O) groups is 2. The number of alkyl halides is 3. The monoisotopic (exact) mass is 471 g/mol. The summed E-state index contributed by atoms with van der Waals surface area (Å²) >= 11 is 2.29. The number of ether oxygens (including phenoxy) is 3. The molecule has 0 fully saturated rings. The summed E-state index contributed by atoms with van der Waals surface area (Å²) in [6.07, 6.45) is 0. The molecule has 0 aliphatic heterocycles. The molecule has 0 aromatic heterocycles. The van der Waals surface area contributed by atoms with Gasteiger partial charge in [-0.1, -0.05) is 12.1 Å². The van der Waals surface area contributed by atoms with Gasteiger partial charge in [-0.3, -0.25) is 9.59 Å². The molecule has 6 nitrogen and oxygen atoms in total. The molecule has 2 rings (SSSR count). The van der Waals surface area contributed by atoms with Crippen LogP contribution in [0.4, 0.5) is 8.78 Å². The zero-order valence-corrected chi connectivity index (χ0v) is 17.7. The van der Waals surface area contributed by atoms with E-state index in [1.807, 2.05) is 0 Å². The van der Waals surface area contributed by atoms with Crippen LogP contribution in [0, 0.1) is 0 Å². The highest BCUT2D eigenvalue weighted by atomic mass is 79.9. The van der Waals surface area contributed by atoms with Gasteiger partial charge < -0.3 is 19.1 Å². The molecule has 0 saturated carbocycles. The Kier molecular flexibility index (Phi) is 7.55. The third-order valence-corrected chi connectivity index (χ3v) is 4.11. The molecule has 29 heavy (non-hydrogen) atoms. The Morgan fingerprint density at radius 3 is 2.14 bits per heavy atom. The van der Waals surface area contributed by atoms with E-state index in [2.05, 4.69) is 15.9 Å². The number of halogens is 3. The van der Waals surface area contributed by atoms with E-state index in [-0.39, 0.29) is 17.9 Å². The first-order chi connectivity index (χ1) is 13.6. The lowest BCUT2D eigenvalue weighted by Crippen LogP contribution is -2.38. The topological polar surface area (TPSA) is 65.1 Å². The van der Waals surface area contributed by atoms with Crippen molar-refractivity contribution in [1.29, 1.82) is 0 Å². The summed E-state index contributed by atoms with van der Waals surface area (Å²) in [6.45, 7) is 0.190. The molecule has 156 valence electrons. The smallest absolute Gasteiger partial charge is 0.318 e. The lowest BCUT2D eigenvalue weighted by atomic mass is 10.1. The second kappa shape index (κ2) is 9.69. The summed E-state index contributed by atoms with van der Waals surface area (Å²) in [5.41, 5.74) is 0.553. The Hall–Kier alpha value is -2.68. The van der Waals surface area contributed by atoms with E-state index in [9.17, 15) is 18.4 Å².